The molecule has 1 N–H and O–H groups in total. The summed E-state index contributed by atoms with van der Waals surface area (Å²) in [5.41, 5.74) is -0.552. The van der Waals surface area contributed by atoms with Crippen molar-refractivity contribution >= 4 is 22.0 Å². The van der Waals surface area contributed by atoms with Crippen molar-refractivity contribution in [1.29, 1.82) is 0 Å². The van der Waals surface area contributed by atoms with Crippen LogP contribution < -0.4 is 0 Å². The fraction of sp³-hybridized carbons (Fsp3) is 0.750. The zero-order chi connectivity index (χ0) is 24.3. The van der Waals surface area contributed by atoms with Crippen molar-refractivity contribution < 1.29 is 54.0 Å². The highest BCUT2D eigenvalue weighted by Gasteiger charge is 2.68. The summed E-state index contributed by atoms with van der Waals surface area (Å²) in [6.07, 6.45) is -7.70. The molecule has 0 bridgehead atoms. The molecule has 176 valence electrons. The van der Waals surface area contributed by atoms with Crippen LogP contribution in [0, 0.1) is 0 Å². The summed E-state index contributed by atoms with van der Waals surface area (Å²) in [6, 6.07) is -1.71. The van der Waals surface area contributed by atoms with Gasteiger partial charge < -0.3 is 14.4 Å². The molecule has 0 aliphatic heterocycles. The van der Waals surface area contributed by atoms with Gasteiger partial charge in [0.2, 0.25) is 0 Å². The van der Waals surface area contributed by atoms with Gasteiger partial charge in [-0.15, -0.1) is 0 Å². The first-order valence-corrected chi connectivity index (χ1v) is 9.92. The van der Waals surface area contributed by atoms with Crippen molar-refractivity contribution in [3.05, 3.63) is 12.2 Å². The number of amides is 1. The highest BCUT2D eigenvalue weighted by Crippen LogP contribution is 2.39. The van der Waals surface area contributed by atoms with E-state index in [1.807, 2.05) is 0 Å². The largest absolute Gasteiger partial charge is 0.466 e. The van der Waals surface area contributed by atoms with Gasteiger partial charge in [0.15, 0.2) is 0 Å². The summed E-state index contributed by atoms with van der Waals surface area (Å²) in [5.74, 6) is -7.97. The van der Waals surface area contributed by atoms with Crippen molar-refractivity contribution in [3.63, 3.8) is 0 Å². The Morgan fingerprint density at radius 1 is 1.07 bits per heavy atom. The van der Waals surface area contributed by atoms with E-state index in [9.17, 15) is 40.0 Å². The summed E-state index contributed by atoms with van der Waals surface area (Å²) in [4.78, 5) is 25.3. The smallest absolute Gasteiger partial charge is 0.412 e. The van der Waals surface area contributed by atoms with Crippen molar-refractivity contribution in [3.8, 4) is 0 Å². The third-order valence-electron chi connectivity index (χ3n) is 3.66. The van der Waals surface area contributed by atoms with Crippen molar-refractivity contribution in [2.75, 3.05) is 6.61 Å². The van der Waals surface area contributed by atoms with Crippen LogP contribution in [-0.4, -0.2) is 65.7 Å². The van der Waals surface area contributed by atoms with E-state index in [0.29, 0.717) is 4.90 Å². The minimum atomic E-state index is -5.97. The van der Waals surface area contributed by atoms with Gasteiger partial charge in [-0.25, -0.2) is 4.79 Å². The Morgan fingerprint density at radius 3 is 1.80 bits per heavy atom. The zero-order valence-electron chi connectivity index (χ0n) is 16.9. The lowest BCUT2D eigenvalue weighted by Crippen LogP contribution is -2.64. The van der Waals surface area contributed by atoms with E-state index < -0.39 is 69.9 Å². The van der Waals surface area contributed by atoms with Crippen molar-refractivity contribution in [1.82, 2.24) is 4.90 Å². The molecule has 0 saturated heterocycles. The van der Waals surface area contributed by atoms with Crippen LogP contribution >= 0.6 is 0 Å². The number of esters is 1. The molecule has 0 heterocycles. The molecule has 30 heavy (non-hydrogen) atoms. The SMILES string of the molecule is C=C(C)C(=O)OC(OCCC(F)(F)S(=O)(=O)O)(C(=O)N(C(C)C)C(C)C)C(F)(F)F. The minimum Gasteiger partial charge on any atom is -0.412 e. The Bertz CT molecular complexity index is 756. The summed E-state index contributed by atoms with van der Waals surface area (Å²) >= 11 is 0. The second-order valence-electron chi connectivity index (χ2n) is 6.89. The quantitative estimate of drug-likeness (QED) is 0.172. The number of carbonyl (C=O) groups excluding carboxylic acids is 2. The Morgan fingerprint density at radius 2 is 1.50 bits per heavy atom. The molecule has 0 aliphatic carbocycles. The molecule has 0 spiro atoms. The average molecular weight is 469 g/mol. The average Bonchev–Trinajstić information content (AvgIpc) is 2.50. The maximum absolute atomic E-state index is 14.0. The number of halogens is 5. The zero-order valence-corrected chi connectivity index (χ0v) is 17.7. The van der Waals surface area contributed by atoms with Crippen LogP contribution in [0.4, 0.5) is 22.0 Å². The molecule has 1 atom stereocenters. The number of nitrogens with zero attached hydrogens (tertiary/aromatic N) is 1. The molecule has 8 nitrogen and oxygen atoms in total. The molecule has 1 amide bonds. The molecule has 0 saturated carbocycles. The summed E-state index contributed by atoms with van der Waals surface area (Å²) in [5, 5.41) is -4.87. The van der Waals surface area contributed by atoms with Crippen LogP contribution in [-0.2, 0) is 29.2 Å². The number of carbonyl (C=O) groups is 2. The fourth-order valence-corrected chi connectivity index (χ4v) is 2.63. The Labute approximate surface area is 170 Å². The minimum absolute atomic E-state index is 0.552. The molecular weight excluding hydrogens is 445 g/mol. The molecule has 0 aromatic rings. The normalized spacial score (nSPS) is 15.1. The van der Waals surface area contributed by atoms with Crippen LogP contribution in [0.25, 0.3) is 0 Å². The van der Waals surface area contributed by atoms with E-state index in [-0.39, 0.29) is 0 Å². The lowest BCUT2D eigenvalue weighted by Gasteiger charge is -2.40. The third kappa shape index (κ3) is 6.35. The lowest BCUT2D eigenvalue weighted by molar-refractivity contribution is -0.352. The first kappa shape index (κ1) is 28.2. The molecule has 0 aliphatic rings. The van der Waals surface area contributed by atoms with Gasteiger partial charge in [0.25, 0.3) is 0 Å². The van der Waals surface area contributed by atoms with E-state index in [2.05, 4.69) is 16.1 Å². The van der Waals surface area contributed by atoms with Crippen LogP contribution in [0.5, 0.6) is 0 Å². The number of rotatable bonds is 10. The Balaban J connectivity index is 6.36. The molecule has 0 aromatic heterocycles. The highest BCUT2D eigenvalue weighted by molar-refractivity contribution is 7.86. The van der Waals surface area contributed by atoms with E-state index >= 15 is 0 Å². The monoisotopic (exact) mass is 469 g/mol. The van der Waals surface area contributed by atoms with Crippen molar-refractivity contribution in [2.45, 2.75) is 70.3 Å². The van der Waals surface area contributed by atoms with Gasteiger partial charge in [-0.05, 0) is 34.6 Å². The van der Waals surface area contributed by atoms with Gasteiger partial charge in [-0.1, -0.05) is 6.58 Å². The number of alkyl halides is 5. The first-order valence-electron chi connectivity index (χ1n) is 8.48. The maximum Gasteiger partial charge on any atom is 0.466 e. The van der Waals surface area contributed by atoms with Crippen LogP contribution in [0.2, 0.25) is 0 Å². The summed E-state index contributed by atoms with van der Waals surface area (Å²) in [7, 11) is -5.97. The third-order valence-corrected chi connectivity index (χ3v) is 4.62. The fourth-order valence-electron chi connectivity index (χ4n) is 2.29. The van der Waals surface area contributed by atoms with Crippen LogP contribution in [0.15, 0.2) is 12.2 Å². The van der Waals surface area contributed by atoms with Crippen LogP contribution in [0.1, 0.15) is 41.0 Å². The Kier molecular flexibility index (Phi) is 8.98. The molecular formula is C16H24F5NO7S. The van der Waals surface area contributed by atoms with E-state index in [1.165, 1.54) is 27.7 Å². The van der Waals surface area contributed by atoms with Crippen molar-refractivity contribution in [2.24, 2.45) is 0 Å². The lowest BCUT2D eigenvalue weighted by atomic mass is 10.1. The summed E-state index contributed by atoms with van der Waals surface area (Å²) < 4.78 is 107. The molecule has 1 unspecified atom stereocenters. The topological polar surface area (TPSA) is 110 Å². The van der Waals surface area contributed by atoms with Gasteiger partial charge in [-0.2, -0.15) is 30.4 Å². The van der Waals surface area contributed by atoms with Crippen LogP contribution in [0.3, 0.4) is 0 Å². The highest BCUT2D eigenvalue weighted by atomic mass is 32.2. The summed E-state index contributed by atoms with van der Waals surface area (Å²) in [6.45, 7) is 7.76. The Hall–Kier alpha value is -1.80. The number of hydrogen-bond acceptors (Lipinski definition) is 6. The van der Waals surface area contributed by atoms with E-state index in [0.717, 1.165) is 6.92 Å². The molecule has 0 radical (unpaired) electrons. The predicted molar refractivity (Wildman–Crippen MR) is 93.9 cm³/mol. The molecule has 0 aromatic carbocycles. The van der Waals surface area contributed by atoms with E-state index in [1.54, 1.807) is 0 Å². The molecule has 0 fully saturated rings. The second kappa shape index (κ2) is 9.56. The van der Waals surface area contributed by atoms with E-state index in [4.69, 9.17) is 4.55 Å². The second-order valence-corrected chi connectivity index (χ2v) is 8.44. The van der Waals surface area contributed by atoms with Gasteiger partial charge in [0, 0.05) is 17.7 Å². The standard InChI is InChI=1S/C16H24F5NO7S/c1-9(2)12(23)29-15(16(19,20)21,13(24)22(10(3)4)11(5)6)28-8-7-14(17,18)30(25,26)27/h10-11H,1,7-8H2,2-6H3,(H,25,26,27). The predicted octanol–water partition coefficient (Wildman–Crippen LogP) is 2.90. The first-order chi connectivity index (χ1) is 13.2. The van der Waals surface area contributed by atoms with Gasteiger partial charge in [-0.3, -0.25) is 9.35 Å². The maximum atomic E-state index is 14.0. The molecule has 14 heteroatoms. The number of hydrogen-bond donors (Lipinski definition) is 1. The molecule has 0 rings (SSSR count). The van der Waals surface area contributed by atoms with Gasteiger partial charge >= 0.3 is 39.2 Å². The number of ether oxygens (including phenoxy) is 2. The van der Waals surface area contributed by atoms with Gasteiger partial charge in [0.05, 0.1) is 13.0 Å². The van der Waals surface area contributed by atoms with Gasteiger partial charge in [0.1, 0.15) is 0 Å².